The molecule has 0 atom stereocenters. The SMILES string of the molecule is COc1ccc(C)cc1-c1csc2nc(CN)nn12. The summed E-state index contributed by atoms with van der Waals surface area (Å²) in [6.07, 6.45) is 0. The minimum Gasteiger partial charge on any atom is -0.496 e. The molecule has 6 heteroatoms. The monoisotopic (exact) mass is 274 g/mol. The molecule has 0 amide bonds. The average molecular weight is 274 g/mol. The molecule has 0 saturated carbocycles. The van der Waals surface area contributed by atoms with E-state index in [0.29, 0.717) is 12.4 Å². The Balaban J connectivity index is 2.23. The van der Waals surface area contributed by atoms with Gasteiger partial charge in [0, 0.05) is 10.9 Å². The summed E-state index contributed by atoms with van der Waals surface area (Å²) >= 11 is 1.55. The molecule has 2 N–H and O–H groups in total. The Morgan fingerprint density at radius 2 is 2.26 bits per heavy atom. The predicted octanol–water partition coefficient (Wildman–Crippen LogP) is 2.23. The molecule has 0 saturated heterocycles. The first-order chi connectivity index (χ1) is 9.22. The average Bonchev–Trinajstić information content (AvgIpc) is 2.97. The second kappa shape index (κ2) is 4.64. The van der Waals surface area contributed by atoms with Crippen molar-refractivity contribution in [2.75, 3.05) is 7.11 Å². The summed E-state index contributed by atoms with van der Waals surface area (Å²) in [5.41, 5.74) is 8.75. The zero-order chi connectivity index (χ0) is 13.4. The molecule has 2 heterocycles. The summed E-state index contributed by atoms with van der Waals surface area (Å²) in [6.45, 7) is 2.40. The first kappa shape index (κ1) is 12.1. The zero-order valence-electron chi connectivity index (χ0n) is 10.8. The van der Waals surface area contributed by atoms with Crippen LogP contribution in [0.25, 0.3) is 16.2 Å². The van der Waals surface area contributed by atoms with Crippen molar-refractivity contribution in [3.05, 3.63) is 35.0 Å². The molecule has 98 valence electrons. The number of ether oxygens (including phenoxy) is 1. The van der Waals surface area contributed by atoms with Gasteiger partial charge in [0.2, 0.25) is 4.96 Å². The van der Waals surface area contributed by atoms with Gasteiger partial charge in [-0.3, -0.25) is 0 Å². The second-order valence-corrected chi connectivity index (χ2v) is 5.09. The number of nitrogens with zero attached hydrogens (tertiary/aromatic N) is 3. The smallest absolute Gasteiger partial charge is 0.212 e. The molecule has 19 heavy (non-hydrogen) atoms. The van der Waals surface area contributed by atoms with E-state index in [2.05, 4.69) is 23.1 Å². The van der Waals surface area contributed by atoms with Crippen LogP contribution in [0, 0.1) is 6.92 Å². The van der Waals surface area contributed by atoms with Gasteiger partial charge >= 0.3 is 0 Å². The molecule has 3 aromatic rings. The molecule has 0 aliphatic rings. The fourth-order valence-corrected chi connectivity index (χ4v) is 2.86. The maximum Gasteiger partial charge on any atom is 0.212 e. The van der Waals surface area contributed by atoms with Gasteiger partial charge in [-0.15, -0.1) is 16.4 Å². The van der Waals surface area contributed by atoms with Crippen molar-refractivity contribution < 1.29 is 4.74 Å². The van der Waals surface area contributed by atoms with Crippen molar-refractivity contribution >= 4 is 16.3 Å². The van der Waals surface area contributed by atoms with E-state index in [1.54, 1.807) is 18.4 Å². The van der Waals surface area contributed by atoms with E-state index >= 15 is 0 Å². The first-order valence-electron chi connectivity index (χ1n) is 5.91. The highest BCUT2D eigenvalue weighted by Gasteiger charge is 2.14. The normalized spacial score (nSPS) is 11.1. The maximum atomic E-state index is 5.58. The summed E-state index contributed by atoms with van der Waals surface area (Å²) in [5.74, 6) is 1.48. The fourth-order valence-electron chi connectivity index (χ4n) is 2.02. The van der Waals surface area contributed by atoms with Crippen molar-refractivity contribution in [3.63, 3.8) is 0 Å². The summed E-state index contributed by atoms with van der Waals surface area (Å²) in [4.78, 5) is 5.21. The largest absolute Gasteiger partial charge is 0.496 e. The lowest BCUT2D eigenvalue weighted by Crippen LogP contribution is -1.99. The summed E-state index contributed by atoms with van der Waals surface area (Å²) < 4.78 is 7.25. The minimum atomic E-state index is 0.346. The van der Waals surface area contributed by atoms with Gasteiger partial charge in [-0.1, -0.05) is 11.6 Å². The van der Waals surface area contributed by atoms with E-state index in [1.165, 1.54) is 5.56 Å². The molecule has 0 aliphatic heterocycles. The van der Waals surface area contributed by atoms with Crippen LogP contribution in [-0.2, 0) is 6.54 Å². The molecular weight excluding hydrogens is 260 g/mol. The minimum absolute atomic E-state index is 0.346. The molecule has 1 aromatic carbocycles. The van der Waals surface area contributed by atoms with Gasteiger partial charge in [-0.2, -0.15) is 0 Å². The first-order valence-corrected chi connectivity index (χ1v) is 6.79. The van der Waals surface area contributed by atoms with E-state index in [-0.39, 0.29) is 0 Å². The Bertz CT molecular complexity index is 731. The number of aryl methyl sites for hydroxylation is 1. The van der Waals surface area contributed by atoms with Crippen LogP contribution >= 0.6 is 11.3 Å². The van der Waals surface area contributed by atoms with Crippen LogP contribution < -0.4 is 10.5 Å². The fraction of sp³-hybridized carbons (Fsp3) is 0.231. The molecule has 5 nitrogen and oxygen atoms in total. The Kier molecular flexibility index (Phi) is 2.96. The van der Waals surface area contributed by atoms with Gasteiger partial charge in [0.25, 0.3) is 0 Å². The third kappa shape index (κ3) is 1.98. The van der Waals surface area contributed by atoms with E-state index in [9.17, 15) is 0 Å². The number of nitrogens with two attached hydrogens (primary N) is 1. The predicted molar refractivity (Wildman–Crippen MR) is 75.5 cm³/mol. The number of thiazole rings is 1. The van der Waals surface area contributed by atoms with Gasteiger partial charge in [-0.25, -0.2) is 9.50 Å². The maximum absolute atomic E-state index is 5.58. The van der Waals surface area contributed by atoms with Gasteiger partial charge < -0.3 is 10.5 Å². The van der Waals surface area contributed by atoms with Crippen LogP contribution in [-0.4, -0.2) is 21.7 Å². The number of methoxy groups -OCH3 is 1. The summed E-state index contributed by atoms with van der Waals surface area (Å²) in [7, 11) is 1.67. The lowest BCUT2D eigenvalue weighted by Gasteiger charge is -2.08. The van der Waals surface area contributed by atoms with E-state index in [1.807, 2.05) is 22.0 Å². The van der Waals surface area contributed by atoms with Gasteiger partial charge in [0.15, 0.2) is 5.82 Å². The number of hydrogen-bond acceptors (Lipinski definition) is 5. The molecule has 0 aliphatic carbocycles. The van der Waals surface area contributed by atoms with Crippen LogP contribution in [0.1, 0.15) is 11.4 Å². The highest BCUT2D eigenvalue weighted by atomic mass is 32.1. The molecule has 0 unspecified atom stereocenters. The summed E-state index contributed by atoms with van der Waals surface area (Å²) in [5, 5.41) is 6.44. The van der Waals surface area contributed by atoms with Gasteiger partial charge in [0.1, 0.15) is 5.75 Å². The molecular formula is C13H14N4OS. The Morgan fingerprint density at radius 3 is 3.00 bits per heavy atom. The van der Waals surface area contributed by atoms with Gasteiger partial charge in [0.05, 0.1) is 19.3 Å². The van der Waals surface area contributed by atoms with Crippen LogP contribution in [0.15, 0.2) is 23.6 Å². The second-order valence-electron chi connectivity index (χ2n) is 4.25. The third-order valence-electron chi connectivity index (χ3n) is 2.94. The molecule has 0 bridgehead atoms. The quantitative estimate of drug-likeness (QED) is 0.795. The summed E-state index contributed by atoms with van der Waals surface area (Å²) in [6, 6.07) is 6.08. The van der Waals surface area contributed by atoms with Crippen LogP contribution in [0.2, 0.25) is 0 Å². The Morgan fingerprint density at radius 1 is 1.42 bits per heavy atom. The number of fused-ring (bicyclic) bond motifs is 1. The van der Waals surface area contributed by atoms with E-state index in [0.717, 1.165) is 22.0 Å². The molecule has 0 fully saturated rings. The standard InChI is InChI=1S/C13H14N4OS/c1-8-3-4-11(18-2)9(5-8)10-7-19-13-15-12(6-14)16-17(10)13/h3-5,7H,6,14H2,1-2H3. The van der Waals surface area contributed by atoms with Crippen molar-refractivity contribution in [2.45, 2.75) is 13.5 Å². The van der Waals surface area contributed by atoms with E-state index in [4.69, 9.17) is 10.5 Å². The van der Waals surface area contributed by atoms with Crippen LogP contribution in [0.4, 0.5) is 0 Å². The van der Waals surface area contributed by atoms with Crippen LogP contribution in [0.5, 0.6) is 5.75 Å². The van der Waals surface area contributed by atoms with Crippen molar-refractivity contribution in [1.82, 2.24) is 14.6 Å². The van der Waals surface area contributed by atoms with E-state index < -0.39 is 0 Å². The number of aromatic nitrogens is 3. The Hall–Kier alpha value is -1.92. The third-order valence-corrected chi connectivity index (χ3v) is 3.76. The van der Waals surface area contributed by atoms with Crippen molar-refractivity contribution in [1.29, 1.82) is 0 Å². The highest BCUT2D eigenvalue weighted by molar-refractivity contribution is 7.15. The van der Waals surface area contributed by atoms with Crippen molar-refractivity contribution in [2.24, 2.45) is 5.73 Å². The molecule has 0 radical (unpaired) electrons. The van der Waals surface area contributed by atoms with Crippen LogP contribution in [0.3, 0.4) is 0 Å². The lowest BCUT2D eigenvalue weighted by molar-refractivity contribution is 0.416. The van der Waals surface area contributed by atoms with Gasteiger partial charge in [-0.05, 0) is 19.1 Å². The lowest BCUT2D eigenvalue weighted by atomic mass is 10.1. The number of hydrogen-bond donors (Lipinski definition) is 1. The molecule has 2 aromatic heterocycles. The molecule has 3 rings (SSSR count). The highest BCUT2D eigenvalue weighted by Crippen LogP contribution is 2.33. The zero-order valence-corrected chi connectivity index (χ0v) is 11.6. The molecule has 0 spiro atoms. The van der Waals surface area contributed by atoms with Crippen molar-refractivity contribution in [3.8, 4) is 17.0 Å². The Labute approximate surface area is 114 Å². The number of benzene rings is 1. The topological polar surface area (TPSA) is 65.4 Å². The number of rotatable bonds is 3.